The number of halogens is 1. The summed E-state index contributed by atoms with van der Waals surface area (Å²) in [4.78, 5) is 0. The van der Waals surface area contributed by atoms with E-state index in [0.29, 0.717) is 0 Å². The summed E-state index contributed by atoms with van der Waals surface area (Å²) in [7, 11) is 0. The maximum Gasteiger partial charge on any atom is 0.123 e. The first-order valence-electron chi connectivity index (χ1n) is 18.0. The van der Waals surface area contributed by atoms with Gasteiger partial charge in [-0.2, -0.15) is 0 Å². The Balaban J connectivity index is 1.11. The second kappa shape index (κ2) is 10.6. The highest BCUT2D eigenvalue weighted by atomic mass is 19.1. The fourth-order valence-corrected chi connectivity index (χ4v) is 9.35. The largest absolute Gasteiger partial charge is 0.207 e. The van der Waals surface area contributed by atoms with E-state index in [0.717, 1.165) is 21.9 Å². The van der Waals surface area contributed by atoms with Crippen LogP contribution in [0.2, 0.25) is 0 Å². The van der Waals surface area contributed by atoms with E-state index in [-0.39, 0.29) is 16.6 Å². The average Bonchev–Trinajstić information content (AvgIpc) is 3.52. The molecule has 2 aliphatic rings. The molecule has 0 fully saturated rings. The second-order valence-electron chi connectivity index (χ2n) is 15.4. The van der Waals surface area contributed by atoms with Crippen LogP contribution < -0.4 is 0 Å². The van der Waals surface area contributed by atoms with Crippen molar-refractivity contribution >= 4 is 21.5 Å². The van der Waals surface area contributed by atoms with E-state index in [1.165, 1.54) is 83.6 Å². The molecule has 8 aromatic carbocycles. The van der Waals surface area contributed by atoms with Crippen LogP contribution in [0.3, 0.4) is 0 Å². The van der Waals surface area contributed by atoms with E-state index in [1.54, 1.807) is 12.1 Å². The van der Waals surface area contributed by atoms with Crippen molar-refractivity contribution in [1.82, 2.24) is 0 Å². The van der Waals surface area contributed by atoms with Crippen molar-refractivity contribution in [3.63, 3.8) is 0 Å². The van der Waals surface area contributed by atoms with Gasteiger partial charge >= 0.3 is 0 Å². The summed E-state index contributed by atoms with van der Waals surface area (Å²) in [5.41, 5.74) is 17.5. The van der Waals surface area contributed by atoms with E-state index in [2.05, 4.69) is 155 Å². The van der Waals surface area contributed by atoms with Gasteiger partial charge in [0, 0.05) is 10.8 Å². The zero-order valence-corrected chi connectivity index (χ0v) is 29.3. The number of benzene rings is 8. The maximum atomic E-state index is 14.6. The number of fused-ring (bicyclic) bond motifs is 8. The highest BCUT2D eigenvalue weighted by Crippen LogP contribution is 2.53. The zero-order valence-electron chi connectivity index (χ0n) is 29.3. The molecule has 51 heavy (non-hydrogen) atoms. The van der Waals surface area contributed by atoms with Crippen molar-refractivity contribution in [1.29, 1.82) is 0 Å². The monoisotopic (exact) mass is 656 g/mol. The van der Waals surface area contributed by atoms with Gasteiger partial charge in [0.15, 0.2) is 0 Å². The van der Waals surface area contributed by atoms with Gasteiger partial charge < -0.3 is 0 Å². The molecule has 0 aliphatic heterocycles. The zero-order chi connectivity index (χ0) is 34.6. The molecular weight excluding hydrogens is 620 g/mol. The van der Waals surface area contributed by atoms with E-state index < -0.39 is 0 Å². The summed E-state index contributed by atoms with van der Waals surface area (Å²) < 4.78 is 14.6. The van der Waals surface area contributed by atoms with Gasteiger partial charge in [-0.3, -0.25) is 0 Å². The summed E-state index contributed by atoms with van der Waals surface area (Å²) in [6.45, 7) is 9.44. The summed E-state index contributed by atoms with van der Waals surface area (Å²) in [6.07, 6.45) is 0. The lowest BCUT2D eigenvalue weighted by molar-refractivity contribution is 0.628. The van der Waals surface area contributed by atoms with Gasteiger partial charge in [-0.25, -0.2) is 4.39 Å². The van der Waals surface area contributed by atoms with Crippen LogP contribution >= 0.6 is 0 Å². The lowest BCUT2D eigenvalue weighted by atomic mass is 9.79. The standard InChI is InChI=1S/C50H37F/c1-49(2)43-19-10-9-14-35(43)36-23-20-30(27-44(36)49)31-21-24-37-38-25-22-33(29-46(38)50(3,4)45(37)28-31)48-41-17-7-5-15-39(41)47(32-12-11-13-34(51)26-32)40-16-6-8-18-42(40)48/h5-29H,1-4H3. The minimum Gasteiger partial charge on any atom is -0.207 e. The van der Waals surface area contributed by atoms with E-state index >= 15 is 0 Å². The van der Waals surface area contributed by atoms with Crippen LogP contribution in [0, 0.1) is 5.82 Å². The first kappa shape index (κ1) is 30.1. The quantitative estimate of drug-likeness (QED) is 0.166. The van der Waals surface area contributed by atoms with Crippen molar-refractivity contribution in [3.8, 4) is 55.6 Å². The number of hydrogen-bond donors (Lipinski definition) is 0. The Morgan fingerprint density at radius 1 is 0.333 bits per heavy atom. The molecule has 0 radical (unpaired) electrons. The van der Waals surface area contributed by atoms with Gasteiger partial charge in [0.1, 0.15) is 5.82 Å². The molecule has 0 saturated carbocycles. The van der Waals surface area contributed by atoms with Crippen molar-refractivity contribution in [2.75, 3.05) is 0 Å². The molecular formula is C50H37F. The molecule has 0 amide bonds. The molecule has 0 atom stereocenters. The normalized spacial score (nSPS) is 14.7. The average molecular weight is 657 g/mol. The smallest absolute Gasteiger partial charge is 0.123 e. The molecule has 0 aromatic heterocycles. The molecule has 0 nitrogen and oxygen atoms in total. The van der Waals surface area contributed by atoms with Gasteiger partial charge in [-0.1, -0.05) is 149 Å². The van der Waals surface area contributed by atoms with Crippen LogP contribution in [0.5, 0.6) is 0 Å². The topological polar surface area (TPSA) is 0 Å². The Morgan fingerprint density at radius 3 is 1.24 bits per heavy atom. The Labute approximate surface area is 298 Å². The Hall–Kier alpha value is -5.79. The Kier molecular flexibility index (Phi) is 6.25. The van der Waals surface area contributed by atoms with Crippen molar-refractivity contribution in [3.05, 3.63) is 180 Å². The van der Waals surface area contributed by atoms with Gasteiger partial charge in [-0.05, 0) is 130 Å². The van der Waals surface area contributed by atoms with Crippen LogP contribution in [-0.4, -0.2) is 0 Å². The van der Waals surface area contributed by atoms with Crippen LogP contribution in [0.25, 0.3) is 77.2 Å². The molecule has 0 N–H and O–H groups in total. The van der Waals surface area contributed by atoms with Gasteiger partial charge in [0.25, 0.3) is 0 Å². The number of rotatable bonds is 3. The first-order valence-corrected chi connectivity index (χ1v) is 18.0. The van der Waals surface area contributed by atoms with Crippen LogP contribution in [0.4, 0.5) is 4.39 Å². The molecule has 0 saturated heterocycles. The minimum atomic E-state index is -0.223. The maximum absolute atomic E-state index is 14.6. The fourth-order valence-electron chi connectivity index (χ4n) is 9.35. The van der Waals surface area contributed by atoms with Gasteiger partial charge in [0.05, 0.1) is 0 Å². The second-order valence-corrected chi connectivity index (χ2v) is 15.4. The minimum absolute atomic E-state index is 0.0333. The third-order valence-electron chi connectivity index (χ3n) is 11.9. The summed E-state index contributed by atoms with van der Waals surface area (Å²) in [6, 6.07) is 54.2. The van der Waals surface area contributed by atoms with Crippen LogP contribution in [0.1, 0.15) is 49.9 Å². The Morgan fingerprint density at radius 2 is 0.725 bits per heavy atom. The number of hydrogen-bond acceptors (Lipinski definition) is 0. The van der Waals surface area contributed by atoms with Crippen LogP contribution in [0.15, 0.2) is 152 Å². The first-order chi connectivity index (χ1) is 24.7. The Bertz CT molecular complexity index is 2700. The summed E-state index contributed by atoms with van der Waals surface area (Å²) >= 11 is 0. The van der Waals surface area contributed by atoms with Crippen molar-refractivity contribution < 1.29 is 4.39 Å². The highest BCUT2D eigenvalue weighted by molar-refractivity contribution is 6.21. The van der Waals surface area contributed by atoms with Gasteiger partial charge in [0.2, 0.25) is 0 Å². The molecule has 1 heteroatoms. The molecule has 0 unspecified atom stereocenters. The van der Waals surface area contributed by atoms with E-state index in [4.69, 9.17) is 0 Å². The van der Waals surface area contributed by atoms with Crippen molar-refractivity contribution in [2.45, 2.75) is 38.5 Å². The molecule has 244 valence electrons. The third-order valence-corrected chi connectivity index (χ3v) is 11.9. The fraction of sp³-hybridized carbons (Fsp3) is 0.120. The molecule has 0 spiro atoms. The van der Waals surface area contributed by atoms with Crippen molar-refractivity contribution in [2.24, 2.45) is 0 Å². The van der Waals surface area contributed by atoms with Gasteiger partial charge in [-0.15, -0.1) is 0 Å². The van der Waals surface area contributed by atoms with E-state index in [1.807, 2.05) is 6.07 Å². The molecule has 0 heterocycles. The predicted molar refractivity (Wildman–Crippen MR) is 213 cm³/mol. The molecule has 0 bridgehead atoms. The lowest BCUT2D eigenvalue weighted by Gasteiger charge is -2.24. The SMILES string of the molecule is CC1(C)c2ccccc2-c2ccc(-c3ccc4c(c3)C(C)(C)c3cc(-c5c6ccccc6c(-c6cccc(F)c6)c6ccccc56)ccc3-4)cc21. The van der Waals surface area contributed by atoms with E-state index in [9.17, 15) is 4.39 Å². The molecule has 8 aromatic rings. The summed E-state index contributed by atoms with van der Waals surface area (Å²) in [5, 5.41) is 4.61. The molecule has 2 aliphatic carbocycles. The third kappa shape index (κ3) is 4.25. The predicted octanol–water partition coefficient (Wildman–Crippen LogP) is 13.7. The molecule has 10 rings (SSSR count). The highest BCUT2D eigenvalue weighted by Gasteiger charge is 2.37. The lowest BCUT2D eigenvalue weighted by Crippen LogP contribution is -2.15. The van der Waals surface area contributed by atoms with Crippen LogP contribution in [-0.2, 0) is 10.8 Å². The summed E-state index contributed by atoms with van der Waals surface area (Å²) in [5.74, 6) is -0.223.